The summed E-state index contributed by atoms with van der Waals surface area (Å²) in [5.41, 5.74) is 10.8. The van der Waals surface area contributed by atoms with Crippen molar-refractivity contribution in [3.63, 3.8) is 0 Å². The van der Waals surface area contributed by atoms with E-state index in [9.17, 15) is 0 Å². The molecule has 12 aromatic rings. The number of hydrogen-bond acceptors (Lipinski definition) is 2. The second-order valence-corrected chi connectivity index (χ2v) is 14.4. The minimum Gasteiger partial charge on any atom is -0.456 e. The highest BCUT2D eigenvalue weighted by Gasteiger charge is 2.18. The average Bonchev–Trinajstić information content (AvgIpc) is 3.79. The minimum atomic E-state index is 0.902. The van der Waals surface area contributed by atoms with E-state index in [1.807, 2.05) is 24.3 Å². The van der Waals surface area contributed by atoms with Crippen molar-refractivity contribution >= 4 is 87.0 Å². The first kappa shape index (κ1) is 29.4. The molecule has 0 fully saturated rings. The lowest BCUT2D eigenvalue weighted by Gasteiger charge is -2.18. The van der Waals surface area contributed by atoms with Gasteiger partial charge < -0.3 is 8.83 Å². The smallest absolute Gasteiger partial charge is 0.135 e. The molecule has 0 saturated heterocycles. The van der Waals surface area contributed by atoms with E-state index in [1.165, 1.54) is 76.5 Å². The second kappa shape index (κ2) is 11.2. The molecule has 2 nitrogen and oxygen atoms in total. The number of para-hydroxylation sites is 2. The molecule has 0 aliphatic heterocycles. The van der Waals surface area contributed by atoms with Crippen LogP contribution in [0.4, 0.5) is 0 Å². The number of hydrogen-bond donors (Lipinski definition) is 0. The number of benzene rings is 10. The fraction of sp³-hybridized carbons (Fsp3) is 0. The Morgan fingerprint density at radius 2 is 0.704 bits per heavy atom. The molecule has 0 amide bonds. The first-order valence-corrected chi connectivity index (χ1v) is 18.5. The predicted molar refractivity (Wildman–Crippen MR) is 227 cm³/mol. The van der Waals surface area contributed by atoms with E-state index < -0.39 is 0 Å². The largest absolute Gasteiger partial charge is 0.456 e. The summed E-state index contributed by atoms with van der Waals surface area (Å²) in [6, 6.07) is 66.0. The summed E-state index contributed by atoms with van der Waals surface area (Å²) in [5, 5.41) is 14.4. The van der Waals surface area contributed by atoms with Crippen molar-refractivity contribution in [3.8, 4) is 33.4 Å². The van der Waals surface area contributed by atoms with E-state index >= 15 is 0 Å². The zero-order valence-electron chi connectivity index (χ0n) is 29.1. The lowest BCUT2D eigenvalue weighted by Crippen LogP contribution is -1.91. The Bertz CT molecular complexity index is 3330. The van der Waals surface area contributed by atoms with E-state index in [-0.39, 0.29) is 0 Å². The zero-order chi connectivity index (χ0) is 35.3. The van der Waals surface area contributed by atoms with Gasteiger partial charge >= 0.3 is 0 Å². The first-order valence-electron chi connectivity index (χ1n) is 18.5. The molecule has 2 heteroatoms. The molecular formula is C52H30O2. The monoisotopic (exact) mass is 686 g/mol. The summed E-state index contributed by atoms with van der Waals surface area (Å²) < 4.78 is 12.5. The second-order valence-electron chi connectivity index (χ2n) is 14.4. The van der Waals surface area contributed by atoms with E-state index in [2.05, 4.69) is 158 Å². The van der Waals surface area contributed by atoms with Gasteiger partial charge in [-0.2, -0.15) is 0 Å². The lowest BCUT2D eigenvalue weighted by atomic mass is 9.85. The van der Waals surface area contributed by atoms with Crippen LogP contribution in [0.1, 0.15) is 0 Å². The minimum absolute atomic E-state index is 0.902. The van der Waals surface area contributed by atoms with Gasteiger partial charge in [0.05, 0.1) is 0 Å². The fourth-order valence-corrected chi connectivity index (χ4v) is 8.86. The quantitative estimate of drug-likeness (QED) is 0.173. The molecule has 0 spiro atoms. The van der Waals surface area contributed by atoms with Crippen LogP contribution in [0.25, 0.3) is 120 Å². The van der Waals surface area contributed by atoms with Gasteiger partial charge in [0.2, 0.25) is 0 Å². The van der Waals surface area contributed by atoms with Crippen molar-refractivity contribution < 1.29 is 8.83 Å². The van der Waals surface area contributed by atoms with Crippen molar-refractivity contribution in [2.24, 2.45) is 0 Å². The molecule has 0 aliphatic rings. The Morgan fingerprint density at radius 3 is 1.30 bits per heavy atom. The van der Waals surface area contributed by atoms with Gasteiger partial charge in [-0.3, -0.25) is 0 Å². The predicted octanol–water partition coefficient (Wildman–Crippen LogP) is 15.1. The third-order valence-electron chi connectivity index (χ3n) is 11.4. The molecule has 0 aliphatic carbocycles. The Morgan fingerprint density at radius 1 is 0.241 bits per heavy atom. The van der Waals surface area contributed by atoms with Crippen LogP contribution >= 0.6 is 0 Å². The topological polar surface area (TPSA) is 26.3 Å². The maximum absolute atomic E-state index is 6.24. The van der Waals surface area contributed by atoms with E-state index in [0.717, 1.165) is 43.9 Å². The molecule has 250 valence electrons. The van der Waals surface area contributed by atoms with Crippen LogP contribution in [0, 0.1) is 0 Å². The molecule has 0 saturated carbocycles. The Labute approximate surface area is 310 Å². The Hall–Kier alpha value is -7.16. The molecule has 0 atom stereocenters. The molecule has 2 heterocycles. The number of furan rings is 2. The summed E-state index contributed by atoms with van der Waals surface area (Å²) in [7, 11) is 0. The molecule has 0 bridgehead atoms. The van der Waals surface area contributed by atoms with Gasteiger partial charge in [-0.05, 0) is 137 Å². The van der Waals surface area contributed by atoms with Gasteiger partial charge in [0.25, 0.3) is 0 Å². The average molecular weight is 687 g/mol. The van der Waals surface area contributed by atoms with E-state index in [1.54, 1.807) is 0 Å². The first-order chi connectivity index (χ1) is 26.7. The Balaban J connectivity index is 1.16. The lowest BCUT2D eigenvalue weighted by molar-refractivity contribution is 0.668. The van der Waals surface area contributed by atoms with E-state index in [0.29, 0.717) is 0 Å². The summed E-state index contributed by atoms with van der Waals surface area (Å²) in [4.78, 5) is 0. The van der Waals surface area contributed by atoms with Crippen molar-refractivity contribution in [3.05, 3.63) is 182 Å². The number of fused-ring (bicyclic) bond motifs is 10. The molecule has 0 radical (unpaired) electrons. The molecule has 0 unspecified atom stereocenters. The summed E-state index contributed by atoms with van der Waals surface area (Å²) >= 11 is 0. The van der Waals surface area contributed by atoms with Crippen molar-refractivity contribution in [1.82, 2.24) is 0 Å². The normalized spacial score (nSPS) is 12.1. The van der Waals surface area contributed by atoms with Gasteiger partial charge in [-0.15, -0.1) is 0 Å². The van der Waals surface area contributed by atoms with Gasteiger partial charge in [0.15, 0.2) is 0 Å². The maximum atomic E-state index is 6.24. The summed E-state index contributed by atoms with van der Waals surface area (Å²) in [5.74, 6) is 0. The molecular weight excluding hydrogens is 657 g/mol. The van der Waals surface area contributed by atoms with Gasteiger partial charge in [0.1, 0.15) is 22.3 Å². The highest BCUT2D eigenvalue weighted by atomic mass is 16.3. The Kier molecular flexibility index (Phi) is 6.09. The van der Waals surface area contributed by atoms with Crippen molar-refractivity contribution in [2.45, 2.75) is 0 Å². The molecule has 54 heavy (non-hydrogen) atoms. The van der Waals surface area contributed by atoms with Gasteiger partial charge in [-0.1, -0.05) is 121 Å². The fourth-order valence-electron chi connectivity index (χ4n) is 8.86. The van der Waals surface area contributed by atoms with Crippen LogP contribution in [0.5, 0.6) is 0 Å². The van der Waals surface area contributed by atoms with Gasteiger partial charge in [0, 0.05) is 21.5 Å². The van der Waals surface area contributed by atoms with Crippen LogP contribution in [0.3, 0.4) is 0 Å². The van der Waals surface area contributed by atoms with Crippen molar-refractivity contribution in [2.75, 3.05) is 0 Å². The third-order valence-corrected chi connectivity index (χ3v) is 11.4. The van der Waals surface area contributed by atoms with Crippen LogP contribution in [0.15, 0.2) is 191 Å². The highest BCUT2D eigenvalue weighted by molar-refractivity contribution is 6.20. The molecule has 2 aromatic heterocycles. The highest BCUT2D eigenvalue weighted by Crippen LogP contribution is 2.45. The van der Waals surface area contributed by atoms with Crippen LogP contribution < -0.4 is 0 Å². The summed E-state index contributed by atoms with van der Waals surface area (Å²) in [6.45, 7) is 0. The third kappa shape index (κ3) is 4.34. The molecule has 12 rings (SSSR count). The van der Waals surface area contributed by atoms with Crippen LogP contribution in [-0.4, -0.2) is 0 Å². The van der Waals surface area contributed by atoms with Crippen molar-refractivity contribution in [1.29, 1.82) is 0 Å². The number of rotatable bonds is 3. The summed E-state index contributed by atoms with van der Waals surface area (Å²) in [6.07, 6.45) is 0. The van der Waals surface area contributed by atoms with Crippen LogP contribution in [-0.2, 0) is 0 Å². The van der Waals surface area contributed by atoms with E-state index in [4.69, 9.17) is 8.83 Å². The maximum Gasteiger partial charge on any atom is 0.135 e. The molecule has 10 aromatic carbocycles. The molecule has 0 N–H and O–H groups in total. The zero-order valence-corrected chi connectivity index (χ0v) is 29.1. The SMILES string of the molecule is c1ccc2cc3cc(-c4c5cccc(-c6ccc7oc8ccccc8c7c6)c5cc5c(-c6ccc7oc8ccccc8c7c6)cccc45)ccc3cc2c1. The standard InChI is InChI=1S/C52H30O2/c1-2-10-32-26-37-27-36(20-19-33(37)25-31(32)9-1)52-42-15-7-13-38(34-21-23-50-46(28-34)40-11-3-5-17-48(40)53-50)44(42)30-45-39(14-8-16-43(45)52)35-22-24-51-47(29-35)41-12-4-6-18-49(41)54-51/h1-30H. The van der Waals surface area contributed by atoms with Crippen LogP contribution in [0.2, 0.25) is 0 Å². The van der Waals surface area contributed by atoms with Gasteiger partial charge in [-0.25, -0.2) is 0 Å².